The molecule has 0 radical (unpaired) electrons. The highest BCUT2D eigenvalue weighted by atomic mass is 32.2. The van der Waals surface area contributed by atoms with Gasteiger partial charge in [-0.15, -0.1) is 0 Å². The van der Waals surface area contributed by atoms with Crippen LogP contribution in [0.15, 0.2) is 4.99 Å². The summed E-state index contributed by atoms with van der Waals surface area (Å²) in [6, 6.07) is 0.681. The SMILES string of the molecule is CC1CCC(NC2=NCC(CC(C)(C)C)S2)CC1. The van der Waals surface area contributed by atoms with E-state index in [0.29, 0.717) is 16.7 Å². The highest BCUT2D eigenvalue weighted by Crippen LogP contribution is 2.32. The van der Waals surface area contributed by atoms with Crippen molar-refractivity contribution in [3.63, 3.8) is 0 Å². The zero-order valence-electron chi connectivity index (χ0n) is 12.3. The van der Waals surface area contributed by atoms with Crippen LogP contribution in [0.2, 0.25) is 0 Å². The zero-order chi connectivity index (χ0) is 13.2. The molecule has 18 heavy (non-hydrogen) atoms. The fourth-order valence-corrected chi connectivity index (χ4v) is 4.30. The molecular formula is C15H28N2S. The Morgan fingerprint density at radius 2 is 1.89 bits per heavy atom. The lowest BCUT2D eigenvalue weighted by Crippen LogP contribution is -2.35. The molecule has 1 fully saturated rings. The molecule has 0 aromatic rings. The van der Waals surface area contributed by atoms with Crippen LogP contribution < -0.4 is 5.32 Å². The van der Waals surface area contributed by atoms with Crippen LogP contribution in [0, 0.1) is 11.3 Å². The molecule has 2 aliphatic rings. The van der Waals surface area contributed by atoms with E-state index in [1.165, 1.54) is 37.3 Å². The highest BCUT2D eigenvalue weighted by Gasteiger charge is 2.27. The van der Waals surface area contributed by atoms with Crippen molar-refractivity contribution < 1.29 is 0 Å². The van der Waals surface area contributed by atoms with Gasteiger partial charge >= 0.3 is 0 Å². The molecule has 0 spiro atoms. The number of nitrogens with zero attached hydrogens (tertiary/aromatic N) is 1. The van der Waals surface area contributed by atoms with Crippen molar-refractivity contribution in [1.29, 1.82) is 0 Å². The van der Waals surface area contributed by atoms with Crippen molar-refractivity contribution in [3.05, 3.63) is 0 Å². The number of nitrogens with one attached hydrogen (secondary N) is 1. The van der Waals surface area contributed by atoms with Crippen LogP contribution >= 0.6 is 11.8 Å². The summed E-state index contributed by atoms with van der Waals surface area (Å²) in [5.74, 6) is 0.926. The Balaban J connectivity index is 1.72. The molecular weight excluding hydrogens is 240 g/mol. The number of hydrogen-bond donors (Lipinski definition) is 1. The van der Waals surface area contributed by atoms with Crippen LogP contribution in [0.4, 0.5) is 0 Å². The van der Waals surface area contributed by atoms with E-state index >= 15 is 0 Å². The molecule has 1 saturated carbocycles. The molecule has 2 nitrogen and oxygen atoms in total. The van der Waals surface area contributed by atoms with Gasteiger partial charge in [-0.3, -0.25) is 4.99 Å². The molecule has 3 heteroatoms. The smallest absolute Gasteiger partial charge is 0.157 e. The van der Waals surface area contributed by atoms with E-state index in [2.05, 4.69) is 38.0 Å². The molecule has 0 aromatic heterocycles. The molecule has 0 aromatic carbocycles. The third-order valence-electron chi connectivity index (χ3n) is 3.90. The van der Waals surface area contributed by atoms with E-state index in [0.717, 1.165) is 12.5 Å². The summed E-state index contributed by atoms with van der Waals surface area (Å²) >= 11 is 1.97. The molecule has 104 valence electrons. The predicted molar refractivity (Wildman–Crippen MR) is 82.3 cm³/mol. The van der Waals surface area contributed by atoms with Gasteiger partial charge < -0.3 is 5.32 Å². The first-order chi connectivity index (χ1) is 8.42. The summed E-state index contributed by atoms with van der Waals surface area (Å²) in [5, 5.41) is 5.57. The fraction of sp³-hybridized carbons (Fsp3) is 0.933. The predicted octanol–water partition coefficient (Wildman–Crippen LogP) is 4.06. The van der Waals surface area contributed by atoms with E-state index in [1.54, 1.807) is 0 Å². The largest absolute Gasteiger partial charge is 0.362 e. The molecule has 1 unspecified atom stereocenters. The number of hydrogen-bond acceptors (Lipinski definition) is 3. The van der Waals surface area contributed by atoms with Crippen LogP contribution in [-0.4, -0.2) is 23.0 Å². The lowest BCUT2D eigenvalue weighted by Gasteiger charge is -2.27. The van der Waals surface area contributed by atoms with Crippen LogP contribution in [0.25, 0.3) is 0 Å². The van der Waals surface area contributed by atoms with Gasteiger partial charge in [0.25, 0.3) is 0 Å². The topological polar surface area (TPSA) is 24.4 Å². The van der Waals surface area contributed by atoms with Gasteiger partial charge in [-0.2, -0.15) is 0 Å². The molecule has 0 amide bonds. The van der Waals surface area contributed by atoms with E-state index in [4.69, 9.17) is 0 Å². The van der Waals surface area contributed by atoms with Gasteiger partial charge in [0.1, 0.15) is 0 Å². The van der Waals surface area contributed by atoms with Crippen LogP contribution in [-0.2, 0) is 0 Å². The number of thioether (sulfide) groups is 1. The van der Waals surface area contributed by atoms with Gasteiger partial charge in [0.2, 0.25) is 0 Å². The Kier molecular flexibility index (Phi) is 4.63. The van der Waals surface area contributed by atoms with Gasteiger partial charge in [-0.1, -0.05) is 39.5 Å². The van der Waals surface area contributed by atoms with Gasteiger partial charge in [-0.05, 0) is 43.4 Å². The van der Waals surface area contributed by atoms with Gasteiger partial charge in [0.05, 0.1) is 6.54 Å². The fourth-order valence-electron chi connectivity index (χ4n) is 2.87. The average molecular weight is 268 g/mol. The van der Waals surface area contributed by atoms with Crippen LogP contribution in [0.1, 0.15) is 59.8 Å². The monoisotopic (exact) mass is 268 g/mol. The number of amidine groups is 1. The van der Waals surface area contributed by atoms with Gasteiger partial charge in [0, 0.05) is 11.3 Å². The Bertz CT molecular complexity index is 298. The van der Waals surface area contributed by atoms with Crippen molar-refractivity contribution in [2.75, 3.05) is 6.54 Å². The lowest BCUT2D eigenvalue weighted by molar-refractivity contribution is 0.332. The van der Waals surface area contributed by atoms with Crippen molar-refractivity contribution in [2.45, 2.75) is 71.1 Å². The van der Waals surface area contributed by atoms with Gasteiger partial charge in [0.15, 0.2) is 5.17 Å². The average Bonchev–Trinajstić information content (AvgIpc) is 2.66. The van der Waals surface area contributed by atoms with E-state index in [-0.39, 0.29) is 0 Å². The summed E-state index contributed by atoms with van der Waals surface area (Å²) < 4.78 is 0. The Labute approximate surface area is 116 Å². The van der Waals surface area contributed by atoms with E-state index < -0.39 is 0 Å². The second-order valence-electron chi connectivity index (χ2n) is 7.25. The lowest BCUT2D eigenvalue weighted by atomic mass is 9.87. The highest BCUT2D eigenvalue weighted by molar-refractivity contribution is 8.14. The summed E-state index contributed by atoms with van der Waals surface area (Å²) in [4.78, 5) is 4.68. The Morgan fingerprint density at radius 3 is 2.50 bits per heavy atom. The maximum Gasteiger partial charge on any atom is 0.157 e. The third kappa shape index (κ3) is 4.49. The standard InChI is InChI=1S/C15H28N2S/c1-11-5-7-12(8-6-11)17-14-16-10-13(18-14)9-15(2,3)4/h11-13H,5-10H2,1-4H3,(H,16,17). The first-order valence-corrected chi connectivity index (χ1v) is 8.28. The summed E-state index contributed by atoms with van der Waals surface area (Å²) in [7, 11) is 0. The van der Waals surface area contributed by atoms with Crippen molar-refractivity contribution in [1.82, 2.24) is 5.32 Å². The maximum atomic E-state index is 4.68. The molecule has 1 aliphatic carbocycles. The van der Waals surface area contributed by atoms with E-state index in [1.807, 2.05) is 11.8 Å². The van der Waals surface area contributed by atoms with Gasteiger partial charge in [-0.25, -0.2) is 0 Å². The Morgan fingerprint density at radius 1 is 1.22 bits per heavy atom. The minimum absolute atomic E-state index is 0.420. The molecule has 0 bridgehead atoms. The zero-order valence-corrected chi connectivity index (χ0v) is 13.1. The second-order valence-corrected chi connectivity index (χ2v) is 8.54. The molecule has 2 rings (SSSR count). The molecule has 0 saturated heterocycles. The first kappa shape index (κ1) is 14.2. The maximum absolute atomic E-state index is 4.68. The molecule has 1 heterocycles. The van der Waals surface area contributed by atoms with Crippen molar-refractivity contribution in [3.8, 4) is 0 Å². The van der Waals surface area contributed by atoms with E-state index in [9.17, 15) is 0 Å². The van der Waals surface area contributed by atoms with Crippen molar-refractivity contribution in [2.24, 2.45) is 16.3 Å². The molecule has 1 aliphatic heterocycles. The first-order valence-electron chi connectivity index (χ1n) is 7.40. The second kappa shape index (κ2) is 5.85. The van der Waals surface area contributed by atoms with Crippen LogP contribution in [0.3, 0.4) is 0 Å². The minimum atomic E-state index is 0.420. The third-order valence-corrected chi connectivity index (χ3v) is 5.02. The normalized spacial score (nSPS) is 33.3. The minimum Gasteiger partial charge on any atom is -0.362 e. The quantitative estimate of drug-likeness (QED) is 0.816. The molecule has 1 atom stereocenters. The summed E-state index contributed by atoms with van der Waals surface area (Å²) in [6.07, 6.45) is 6.66. The number of rotatable bonds is 2. The number of aliphatic imine (C=N–C) groups is 1. The summed E-state index contributed by atoms with van der Waals surface area (Å²) in [6.45, 7) is 10.3. The molecule has 1 N–H and O–H groups in total. The summed E-state index contributed by atoms with van der Waals surface area (Å²) in [5.41, 5.74) is 0.420. The van der Waals surface area contributed by atoms with Crippen molar-refractivity contribution >= 4 is 16.9 Å². The van der Waals surface area contributed by atoms with Crippen LogP contribution in [0.5, 0.6) is 0 Å². The Hall–Kier alpha value is -0.180.